The van der Waals surface area contributed by atoms with Crippen molar-refractivity contribution in [3.05, 3.63) is 0 Å². The third-order valence-electron chi connectivity index (χ3n) is 3.01. The molecule has 0 aromatic heterocycles. The quantitative estimate of drug-likeness (QED) is 0.637. The molecule has 1 aliphatic heterocycles. The van der Waals surface area contributed by atoms with E-state index < -0.39 is 6.29 Å². The zero-order chi connectivity index (χ0) is 15.1. The van der Waals surface area contributed by atoms with Gasteiger partial charge in [-0.1, -0.05) is 26.7 Å². The maximum absolute atomic E-state index is 12.0. The van der Waals surface area contributed by atoms with Crippen molar-refractivity contribution in [2.24, 2.45) is 21.6 Å². The molecule has 4 N–H and O–H groups in total. The number of rotatable bonds is 8. The van der Waals surface area contributed by atoms with Crippen LogP contribution in [0.4, 0.5) is 0 Å². The number of ketones is 2. The normalized spacial score (nSPS) is 18.6. The van der Waals surface area contributed by atoms with E-state index >= 15 is 0 Å². The summed E-state index contributed by atoms with van der Waals surface area (Å²) in [5, 5.41) is 1.02. The largest absolute Gasteiger partial charge is 0.291 e. The molecular formula is C13H23N5O2. The van der Waals surface area contributed by atoms with E-state index in [2.05, 4.69) is 9.98 Å². The van der Waals surface area contributed by atoms with Crippen LogP contribution in [0.25, 0.3) is 0 Å². The molecule has 0 amide bonds. The Kier molecular flexibility index (Phi) is 6.47. The Bertz CT molecular complexity index is 430. The number of aliphatic imine (C=N–C) groups is 2. The SMILES string of the molecule is CCCCC(=O)C1=NC(N)N(N)C(C(=O)CCCC)=N1. The predicted octanol–water partition coefficient (Wildman–Crippen LogP) is 0.734. The number of nitrogens with zero attached hydrogens (tertiary/aromatic N) is 3. The average Bonchev–Trinajstić information content (AvgIpc) is 2.44. The number of amidine groups is 2. The first kappa shape index (κ1) is 16.5. The first-order valence-electron chi connectivity index (χ1n) is 7.03. The highest BCUT2D eigenvalue weighted by atomic mass is 16.1. The van der Waals surface area contributed by atoms with Gasteiger partial charge in [-0.05, 0) is 12.8 Å². The summed E-state index contributed by atoms with van der Waals surface area (Å²) in [6.07, 6.45) is 3.06. The lowest BCUT2D eigenvalue weighted by molar-refractivity contribution is -0.114. The highest BCUT2D eigenvalue weighted by Gasteiger charge is 2.28. The van der Waals surface area contributed by atoms with Crippen molar-refractivity contribution >= 4 is 23.2 Å². The lowest BCUT2D eigenvalue weighted by atomic mass is 10.1. The molecule has 0 aliphatic carbocycles. The molecule has 1 heterocycles. The first-order valence-corrected chi connectivity index (χ1v) is 7.03. The second kappa shape index (κ2) is 7.86. The Morgan fingerprint density at radius 3 is 2.25 bits per heavy atom. The number of hydrazine groups is 1. The van der Waals surface area contributed by atoms with Crippen LogP contribution < -0.4 is 11.6 Å². The molecule has 0 aromatic carbocycles. The van der Waals surface area contributed by atoms with Crippen LogP contribution in [0.15, 0.2) is 9.98 Å². The van der Waals surface area contributed by atoms with Gasteiger partial charge < -0.3 is 0 Å². The van der Waals surface area contributed by atoms with Gasteiger partial charge >= 0.3 is 0 Å². The van der Waals surface area contributed by atoms with E-state index in [1.54, 1.807) is 0 Å². The lowest BCUT2D eigenvalue weighted by Gasteiger charge is -2.27. The van der Waals surface area contributed by atoms with Crippen molar-refractivity contribution in [3.63, 3.8) is 0 Å². The molecule has 1 rings (SSSR count). The Morgan fingerprint density at radius 2 is 1.70 bits per heavy atom. The summed E-state index contributed by atoms with van der Waals surface area (Å²) in [6, 6.07) is 0. The molecule has 20 heavy (non-hydrogen) atoms. The molecule has 7 heteroatoms. The number of unbranched alkanes of at least 4 members (excludes halogenated alkanes) is 2. The smallest absolute Gasteiger partial charge is 0.199 e. The van der Waals surface area contributed by atoms with Crippen LogP contribution in [0.2, 0.25) is 0 Å². The summed E-state index contributed by atoms with van der Waals surface area (Å²) in [7, 11) is 0. The van der Waals surface area contributed by atoms with E-state index in [0.717, 1.165) is 30.7 Å². The molecule has 1 aliphatic rings. The van der Waals surface area contributed by atoms with Crippen molar-refractivity contribution in [1.29, 1.82) is 0 Å². The number of hydrogen-bond acceptors (Lipinski definition) is 7. The van der Waals surface area contributed by atoms with Crippen LogP contribution in [0.3, 0.4) is 0 Å². The minimum atomic E-state index is -0.936. The van der Waals surface area contributed by atoms with Gasteiger partial charge in [0.1, 0.15) is 0 Å². The zero-order valence-electron chi connectivity index (χ0n) is 12.1. The van der Waals surface area contributed by atoms with Gasteiger partial charge in [-0.15, -0.1) is 0 Å². The summed E-state index contributed by atoms with van der Waals surface area (Å²) in [6.45, 7) is 3.98. The molecule has 0 saturated heterocycles. The Hall–Kier alpha value is -1.60. The average molecular weight is 281 g/mol. The van der Waals surface area contributed by atoms with E-state index in [1.807, 2.05) is 13.8 Å². The van der Waals surface area contributed by atoms with Crippen LogP contribution >= 0.6 is 0 Å². The fourth-order valence-corrected chi connectivity index (χ4v) is 1.74. The van der Waals surface area contributed by atoms with Crippen molar-refractivity contribution < 1.29 is 9.59 Å². The van der Waals surface area contributed by atoms with E-state index in [4.69, 9.17) is 11.6 Å². The van der Waals surface area contributed by atoms with E-state index in [1.165, 1.54) is 0 Å². The van der Waals surface area contributed by atoms with Crippen LogP contribution in [0.5, 0.6) is 0 Å². The number of nitrogens with two attached hydrogens (primary N) is 2. The Balaban J connectivity index is 2.86. The van der Waals surface area contributed by atoms with Crippen molar-refractivity contribution in [3.8, 4) is 0 Å². The van der Waals surface area contributed by atoms with Crippen LogP contribution in [0, 0.1) is 0 Å². The highest BCUT2D eigenvalue weighted by molar-refractivity contribution is 6.47. The molecule has 0 bridgehead atoms. The van der Waals surface area contributed by atoms with Crippen molar-refractivity contribution in [2.75, 3.05) is 0 Å². The van der Waals surface area contributed by atoms with Gasteiger partial charge in [0.25, 0.3) is 0 Å². The van der Waals surface area contributed by atoms with Gasteiger partial charge in [0.15, 0.2) is 29.5 Å². The van der Waals surface area contributed by atoms with Gasteiger partial charge in [0, 0.05) is 12.8 Å². The number of carbonyl (C=O) groups is 2. The molecule has 7 nitrogen and oxygen atoms in total. The fraction of sp³-hybridized carbons (Fsp3) is 0.692. The monoisotopic (exact) mass is 281 g/mol. The predicted molar refractivity (Wildman–Crippen MR) is 77.9 cm³/mol. The van der Waals surface area contributed by atoms with Gasteiger partial charge in [-0.2, -0.15) is 0 Å². The minimum absolute atomic E-state index is 0.00694. The topological polar surface area (TPSA) is 114 Å². The summed E-state index contributed by atoms with van der Waals surface area (Å²) in [5.74, 6) is 5.33. The number of hydrogen-bond donors (Lipinski definition) is 2. The third-order valence-corrected chi connectivity index (χ3v) is 3.01. The van der Waals surface area contributed by atoms with Crippen LogP contribution in [-0.4, -0.2) is 34.5 Å². The molecule has 1 atom stereocenters. The lowest BCUT2D eigenvalue weighted by Crippen LogP contribution is -2.55. The van der Waals surface area contributed by atoms with Crippen LogP contribution in [0.1, 0.15) is 52.4 Å². The van der Waals surface area contributed by atoms with Crippen molar-refractivity contribution in [1.82, 2.24) is 5.01 Å². The van der Waals surface area contributed by atoms with E-state index in [-0.39, 0.29) is 23.2 Å². The highest BCUT2D eigenvalue weighted by Crippen LogP contribution is 2.09. The second-order valence-electron chi connectivity index (χ2n) is 4.76. The van der Waals surface area contributed by atoms with Crippen molar-refractivity contribution in [2.45, 2.75) is 58.7 Å². The van der Waals surface area contributed by atoms with Crippen LogP contribution in [-0.2, 0) is 9.59 Å². The van der Waals surface area contributed by atoms with E-state index in [0.29, 0.717) is 12.8 Å². The summed E-state index contributed by atoms with van der Waals surface area (Å²) in [5.41, 5.74) is 5.72. The number of carbonyl (C=O) groups excluding carboxylic acids is 2. The Morgan fingerprint density at radius 1 is 1.15 bits per heavy atom. The summed E-state index contributed by atoms with van der Waals surface area (Å²) < 4.78 is 0. The van der Waals surface area contributed by atoms with Gasteiger partial charge in [0.2, 0.25) is 0 Å². The Labute approximate surface area is 119 Å². The maximum Gasteiger partial charge on any atom is 0.199 e. The third kappa shape index (κ3) is 4.21. The molecule has 0 spiro atoms. The molecule has 0 saturated carbocycles. The molecule has 0 radical (unpaired) electrons. The molecule has 112 valence electrons. The van der Waals surface area contributed by atoms with E-state index in [9.17, 15) is 9.59 Å². The molecule has 1 unspecified atom stereocenters. The summed E-state index contributed by atoms with van der Waals surface area (Å²) in [4.78, 5) is 31.9. The summed E-state index contributed by atoms with van der Waals surface area (Å²) >= 11 is 0. The molecule has 0 aromatic rings. The molecular weight excluding hydrogens is 258 g/mol. The minimum Gasteiger partial charge on any atom is -0.291 e. The fourth-order valence-electron chi connectivity index (χ4n) is 1.74. The van der Waals surface area contributed by atoms with Gasteiger partial charge in [-0.25, -0.2) is 15.8 Å². The first-order chi connectivity index (χ1) is 9.51. The standard InChI is InChI=1S/C13H23N5O2/c1-3-5-7-9(19)11-16-12(10(20)8-6-4-2)18(15)13(14)17-11/h13H,3-8,14-15H2,1-2H3. The van der Waals surface area contributed by atoms with Gasteiger partial charge in [-0.3, -0.25) is 20.3 Å². The molecule has 0 fully saturated rings. The zero-order valence-corrected chi connectivity index (χ0v) is 12.1. The number of Topliss-reactive ketones (excluding diaryl/α,β-unsaturated/α-hetero) is 2. The van der Waals surface area contributed by atoms with Gasteiger partial charge in [0.05, 0.1) is 0 Å². The second-order valence-corrected chi connectivity index (χ2v) is 4.76. The maximum atomic E-state index is 12.0.